The summed E-state index contributed by atoms with van der Waals surface area (Å²) in [5.41, 5.74) is 1.22. The van der Waals surface area contributed by atoms with Crippen LogP contribution in [0.3, 0.4) is 0 Å². The maximum atomic E-state index is 13.2. The Morgan fingerprint density at radius 3 is 2.41 bits per heavy atom. The Labute approximate surface area is 227 Å². The molecule has 0 saturated carbocycles. The van der Waals surface area contributed by atoms with E-state index in [2.05, 4.69) is 26.0 Å². The second-order valence-electron chi connectivity index (χ2n) is 9.23. The summed E-state index contributed by atoms with van der Waals surface area (Å²) in [7, 11) is 0. The summed E-state index contributed by atoms with van der Waals surface area (Å²) in [5.74, 6) is -1.13. The van der Waals surface area contributed by atoms with Gasteiger partial charge in [0.05, 0.1) is 32.6 Å². The summed E-state index contributed by atoms with van der Waals surface area (Å²) in [6, 6.07) is 19.3. The molecule has 0 saturated heterocycles. The van der Waals surface area contributed by atoms with E-state index in [1.54, 1.807) is 48.8 Å². The lowest BCUT2D eigenvalue weighted by atomic mass is 9.94. The van der Waals surface area contributed by atoms with Crippen molar-refractivity contribution in [3.63, 3.8) is 0 Å². The molecule has 0 radical (unpaired) electrons. The van der Waals surface area contributed by atoms with Crippen LogP contribution in [0.5, 0.6) is 0 Å². The van der Waals surface area contributed by atoms with Gasteiger partial charge in [0.15, 0.2) is 5.82 Å². The number of carbonyl (C=O) groups excluding carboxylic acids is 4. The lowest BCUT2D eigenvalue weighted by molar-refractivity contribution is 0.0915. The van der Waals surface area contributed by atoms with Gasteiger partial charge in [-0.25, -0.2) is 0 Å². The number of fused-ring (bicyclic) bond motifs is 1. The smallest absolute Gasteiger partial charge is 0.262 e. The van der Waals surface area contributed by atoms with Crippen molar-refractivity contribution in [3.8, 4) is 0 Å². The highest BCUT2D eigenvalue weighted by molar-refractivity contribution is 7.20. The number of rotatable bonds is 8. The molecule has 0 aliphatic heterocycles. The highest BCUT2D eigenvalue weighted by atomic mass is 32.1. The van der Waals surface area contributed by atoms with Crippen LogP contribution in [0.1, 0.15) is 49.8 Å². The molecule has 5 rings (SSSR count). The second-order valence-corrected chi connectivity index (χ2v) is 10.3. The molecule has 196 valence electrons. The predicted octanol–water partition coefficient (Wildman–Crippen LogP) is 4.63. The standard InChI is InChI=1S/C28H24N6O4S/c1-28(2,18-8-4-3-5-9-18)32-26(38)22-14-20-23(33-34(16-35)27(20)39-22)31-25(37)19-10-6-7-11-21(19)30-24(36)17-12-13-29-15-17/h3-16,29H,1-2H3,(H,30,36)(H,32,38)(H,31,33,37). The minimum absolute atomic E-state index is 0.117. The number of para-hydroxylation sites is 1. The Bertz CT molecular complexity index is 1690. The number of benzene rings is 2. The Morgan fingerprint density at radius 2 is 1.69 bits per heavy atom. The molecule has 3 heterocycles. The van der Waals surface area contributed by atoms with E-state index < -0.39 is 11.4 Å². The van der Waals surface area contributed by atoms with Crippen LogP contribution in [0.25, 0.3) is 10.2 Å². The van der Waals surface area contributed by atoms with Crippen molar-refractivity contribution in [1.29, 1.82) is 0 Å². The molecule has 11 heteroatoms. The third kappa shape index (κ3) is 5.20. The van der Waals surface area contributed by atoms with E-state index in [0.717, 1.165) is 21.6 Å². The number of hydrogen-bond acceptors (Lipinski definition) is 6. The number of H-pyrrole nitrogens is 1. The average Bonchev–Trinajstić information content (AvgIpc) is 3.68. The van der Waals surface area contributed by atoms with Crippen molar-refractivity contribution in [2.75, 3.05) is 10.6 Å². The SMILES string of the molecule is CC(C)(NC(=O)c1cc2c(NC(=O)c3ccccc3NC(=O)c3cc[nH]c3)nn(C=O)c2s1)c1ccccc1. The Kier molecular flexibility index (Phi) is 6.82. The van der Waals surface area contributed by atoms with Gasteiger partial charge >= 0.3 is 0 Å². The quantitative estimate of drug-likeness (QED) is 0.213. The van der Waals surface area contributed by atoms with Gasteiger partial charge < -0.3 is 20.9 Å². The minimum atomic E-state index is -0.642. The number of anilines is 2. The van der Waals surface area contributed by atoms with Crippen molar-refractivity contribution in [2.24, 2.45) is 0 Å². The van der Waals surface area contributed by atoms with Crippen molar-refractivity contribution < 1.29 is 19.2 Å². The van der Waals surface area contributed by atoms with Crippen LogP contribution in [0, 0.1) is 0 Å². The number of nitrogens with zero attached hydrogens (tertiary/aromatic N) is 2. The fraction of sp³-hybridized carbons (Fsp3) is 0.107. The van der Waals surface area contributed by atoms with Gasteiger partial charge in [-0.3, -0.25) is 19.2 Å². The molecule has 3 aromatic heterocycles. The van der Waals surface area contributed by atoms with Gasteiger partial charge in [0, 0.05) is 12.4 Å². The number of hydrogen-bond donors (Lipinski definition) is 4. The fourth-order valence-electron chi connectivity index (χ4n) is 4.10. The number of nitrogens with one attached hydrogen (secondary N) is 4. The Balaban J connectivity index is 1.40. The molecule has 4 N–H and O–H groups in total. The number of aromatic amines is 1. The monoisotopic (exact) mass is 540 g/mol. The molecular weight excluding hydrogens is 516 g/mol. The molecule has 2 aromatic carbocycles. The van der Waals surface area contributed by atoms with Crippen LogP contribution in [0.4, 0.5) is 11.5 Å². The van der Waals surface area contributed by atoms with E-state index in [9.17, 15) is 19.2 Å². The van der Waals surface area contributed by atoms with Gasteiger partial charge in [0.1, 0.15) is 4.83 Å². The lowest BCUT2D eigenvalue weighted by Crippen LogP contribution is -2.40. The molecule has 0 bridgehead atoms. The van der Waals surface area contributed by atoms with Crippen molar-refractivity contribution in [1.82, 2.24) is 20.1 Å². The van der Waals surface area contributed by atoms with Gasteiger partial charge in [-0.2, -0.15) is 4.68 Å². The number of amides is 3. The molecule has 0 aliphatic rings. The number of carbonyl (C=O) groups is 4. The zero-order valence-electron chi connectivity index (χ0n) is 21.0. The van der Waals surface area contributed by atoms with E-state index in [0.29, 0.717) is 32.8 Å². The van der Waals surface area contributed by atoms with Gasteiger partial charge in [0.25, 0.3) is 17.7 Å². The molecule has 0 unspecified atom stereocenters. The van der Waals surface area contributed by atoms with E-state index in [4.69, 9.17) is 0 Å². The fourth-order valence-corrected chi connectivity index (χ4v) is 5.07. The summed E-state index contributed by atoms with van der Waals surface area (Å²) in [6.07, 6.45) is 3.68. The number of aromatic nitrogens is 3. The molecule has 0 atom stereocenters. The normalized spacial score (nSPS) is 11.2. The van der Waals surface area contributed by atoms with Gasteiger partial charge in [-0.1, -0.05) is 42.5 Å². The van der Waals surface area contributed by atoms with Crippen molar-refractivity contribution in [3.05, 3.63) is 101 Å². The molecule has 10 nitrogen and oxygen atoms in total. The minimum Gasteiger partial charge on any atom is -0.367 e. The van der Waals surface area contributed by atoms with Gasteiger partial charge in [0.2, 0.25) is 6.41 Å². The first kappa shape index (κ1) is 25.6. The van der Waals surface area contributed by atoms with E-state index >= 15 is 0 Å². The summed E-state index contributed by atoms with van der Waals surface area (Å²) < 4.78 is 1.08. The molecule has 0 spiro atoms. The average molecular weight is 541 g/mol. The first-order valence-corrected chi connectivity index (χ1v) is 12.8. The topological polar surface area (TPSA) is 138 Å². The zero-order valence-corrected chi connectivity index (χ0v) is 21.8. The first-order chi connectivity index (χ1) is 18.8. The van der Waals surface area contributed by atoms with Crippen LogP contribution in [-0.2, 0) is 10.3 Å². The maximum Gasteiger partial charge on any atom is 0.262 e. The zero-order chi connectivity index (χ0) is 27.6. The molecule has 0 aliphatic carbocycles. The molecule has 39 heavy (non-hydrogen) atoms. The Morgan fingerprint density at radius 1 is 0.949 bits per heavy atom. The van der Waals surface area contributed by atoms with Crippen LogP contribution in [0.2, 0.25) is 0 Å². The highest BCUT2D eigenvalue weighted by Crippen LogP contribution is 2.32. The van der Waals surface area contributed by atoms with Crippen LogP contribution in [0.15, 0.2) is 79.1 Å². The third-order valence-electron chi connectivity index (χ3n) is 6.14. The van der Waals surface area contributed by atoms with E-state index in [-0.39, 0.29) is 23.2 Å². The highest BCUT2D eigenvalue weighted by Gasteiger charge is 2.26. The third-order valence-corrected chi connectivity index (χ3v) is 7.26. The summed E-state index contributed by atoms with van der Waals surface area (Å²) in [5, 5.41) is 13.1. The van der Waals surface area contributed by atoms with Crippen LogP contribution in [-0.4, -0.2) is 38.9 Å². The maximum absolute atomic E-state index is 13.2. The molecular formula is C28H24N6O4S. The lowest BCUT2D eigenvalue weighted by Gasteiger charge is -2.26. The second kappa shape index (κ2) is 10.4. The molecule has 0 fully saturated rings. The first-order valence-electron chi connectivity index (χ1n) is 12.0. The largest absolute Gasteiger partial charge is 0.367 e. The summed E-state index contributed by atoms with van der Waals surface area (Å²) in [6.45, 7) is 3.80. The van der Waals surface area contributed by atoms with Crippen molar-refractivity contribution >= 4 is 57.2 Å². The summed E-state index contributed by atoms with van der Waals surface area (Å²) in [4.78, 5) is 54.2. The summed E-state index contributed by atoms with van der Waals surface area (Å²) >= 11 is 1.09. The molecule has 5 aromatic rings. The van der Waals surface area contributed by atoms with Crippen molar-refractivity contribution in [2.45, 2.75) is 19.4 Å². The van der Waals surface area contributed by atoms with E-state index in [1.807, 2.05) is 44.2 Å². The van der Waals surface area contributed by atoms with Gasteiger partial charge in [-0.15, -0.1) is 16.4 Å². The van der Waals surface area contributed by atoms with E-state index in [1.165, 1.54) is 0 Å². The Hall–Kier alpha value is -5.03. The van der Waals surface area contributed by atoms with Crippen LogP contribution >= 0.6 is 11.3 Å². The molecule has 3 amide bonds. The predicted molar refractivity (Wildman–Crippen MR) is 150 cm³/mol. The van der Waals surface area contributed by atoms with Crippen LogP contribution < -0.4 is 16.0 Å². The number of thiophene rings is 1. The van der Waals surface area contributed by atoms with Gasteiger partial charge in [-0.05, 0) is 43.7 Å².